The maximum Gasteiger partial charge on any atom is 0.338 e. The Labute approximate surface area is 107 Å². The van der Waals surface area contributed by atoms with Gasteiger partial charge in [0.25, 0.3) is 0 Å². The smallest absolute Gasteiger partial charge is 0.338 e. The van der Waals surface area contributed by atoms with Crippen molar-refractivity contribution in [1.82, 2.24) is 0 Å². The molecule has 1 unspecified atom stereocenters. The van der Waals surface area contributed by atoms with E-state index in [1.165, 1.54) is 0 Å². The van der Waals surface area contributed by atoms with Crippen LogP contribution in [0.25, 0.3) is 0 Å². The number of carbonyl (C=O) groups is 1. The van der Waals surface area contributed by atoms with Gasteiger partial charge in [-0.05, 0) is 43.5 Å². The van der Waals surface area contributed by atoms with Gasteiger partial charge in [0, 0.05) is 19.3 Å². The summed E-state index contributed by atoms with van der Waals surface area (Å²) in [5.74, 6) is -0.281. The molecule has 1 aliphatic heterocycles. The van der Waals surface area contributed by atoms with Crippen molar-refractivity contribution in [2.24, 2.45) is 0 Å². The monoisotopic (exact) mass is 249 g/mol. The lowest BCUT2D eigenvalue weighted by Gasteiger charge is -2.11. The molecule has 1 aromatic carbocycles. The lowest BCUT2D eigenvalue weighted by Crippen LogP contribution is -2.18. The Hall–Kier alpha value is -1.55. The maximum atomic E-state index is 11.9. The molecule has 0 aromatic heterocycles. The molecule has 1 N–H and O–H groups in total. The van der Waals surface area contributed by atoms with Crippen LogP contribution in [0.5, 0.6) is 0 Å². The first-order valence-electron chi connectivity index (χ1n) is 6.28. The zero-order valence-electron chi connectivity index (χ0n) is 10.9. The van der Waals surface area contributed by atoms with Gasteiger partial charge >= 0.3 is 5.97 Å². The molecular weight excluding hydrogens is 230 g/mol. The fourth-order valence-electron chi connectivity index (χ4n) is 2.10. The van der Waals surface area contributed by atoms with E-state index in [-0.39, 0.29) is 12.1 Å². The van der Waals surface area contributed by atoms with Gasteiger partial charge in [-0.3, -0.25) is 0 Å². The van der Waals surface area contributed by atoms with Crippen molar-refractivity contribution in [3.8, 4) is 0 Å². The zero-order valence-corrected chi connectivity index (χ0v) is 10.9. The third kappa shape index (κ3) is 3.01. The highest BCUT2D eigenvalue weighted by Gasteiger charge is 2.18. The van der Waals surface area contributed by atoms with Crippen LogP contribution in [0.15, 0.2) is 18.2 Å². The summed E-state index contributed by atoms with van der Waals surface area (Å²) in [7, 11) is 1.86. The van der Waals surface area contributed by atoms with Crippen LogP contribution in [0.1, 0.15) is 28.8 Å². The Balaban J connectivity index is 1.93. The Kier molecular flexibility index (Phi) is 4.20. The van der Waals surface area contributed by atoms with Crippen molar-refractivity contribution in [3.63, 3.8) is 0 Å². The molecule has 4 heteroatoms. The van der Waals surface area contributed by atoms with Crippen LogP contribution in [0.2, 0.25) is 0 Å². The van der Waals surface area contributed by atoms with E-state index >= 15 is 0 Å². The number of aryl methyl sites for hydroxylation is 1. The number of hydrogen-bond donors (Lipinski definition) is 1. The third-order valence-corrected chi connectivity index (χ3v) is 3.16. The van der Waals surface area contributed by atoms with Crippen LogP contribution in [-0.2, 0) is 9.47 Å². The number of hydrogen-bond acceptors (Lipinski definition) is 4. The molecule has 4 nitrogen and oxygen atoms in total. The average Bonchev–Trinajstić information content (AvgIpc) is 2.89. The first-order chi connectivity index (χ1) is 8.70. The number of anilines is 1. The highest BCUT2D eigenvalue weighted by Crippen LogP contribution is 2.17. The second-order valence-corrected chi connectivity index (χ2v) is 4.51. The van der Waals surface area contributed by atoms with E-state index in [0.717, 1.165) is 30.7 Å². The van der Waals surface area contributed by atoms with E-state index in [9.17, 15) is 4.79 Å². The van der Waals surface area contributed by atoms with Crippen LogP contribution in [0.3, 0.4) is 0 Å². The van der Waals surface area contributed by atoms with E-state index in [1.807, 2.05) is 26.1 Å². The highest BCUT2D eigenvalue weighted by atomic mass is 16.6. The van der Waals surface area contributed by atoms with Gasteiger partial charge in [0.1, 0.15) is 6.61 Å². The molecule has 2 rings (SSSR count). The minimum atomic E-state index is -0.281. The SMILES string of the molecule is CNc1ccc(C(=O)OCC2CCCO2)cc1C. The summed E-state index contributed by atoms with van der Waals surface area (Å²) < 4.78 is 10.7. The van der Waals surface area contributed by atoms with E-state index in [4.69, 9.17) is 9.47 Å². The normalized spacial score (nSPS) is 18.7. The van der Waals surface area contributed by atoms with Crippen LogP contribution in [-0.4, -0.2) is 32.3 Å². The molecule has 1 heterocycles. The Bertz CT molecular complexity index is 425. The number of carbonyl (C=O) groups excluding carboxylic acids is 1. The largest absolute Gasteiger partial charge is 0.459 e. The molecule has 98 valence electrons. The lowest BCUT2D eigenvalue weighted by atomic mass is 10.1. The number of ether oxygens (including phenoxy) is 2. The van der Waals surface area contributed by atoms with Gasteiger partial charge in [-0.2, -0.15) is 0 Å². The molecule has 1 atom stereocenters. The van der Waals surface area contributed by atoms with Crippen LogP contribution in [0.4, 0.5) is 5.69 Å². The number of rotatable bonds is 4. The van der Waals surface area contributed by atoms with Gasteiger partial charge < -0.3 is 14.8 Å². The number of esters is 1. The summed E-state index contributed by atoms with van der Waals surface area (Å²) in [6.45, 7) is 3.09. The molecule has 0 bridgehead atoms. The summed E-state index contributed by atoms with van der Waals surface area (Å²) >= 11 is 0. The molecular formula is C14H19NO3. The standard InChI is InChI=1S/C14H19NO3/c1-10-8-11(5-6-13(10)15-2)14(16)18-9-12-4-3-7-17-12/h5-6,8,12,15H,3-4,7,9H2,1-2H3. The van der Waals surface area contributed by atoms with Crippen molar-refractivity contribution in [3.05, 3.63) is 29.3 Å². The quantitative estimate of drug-likeness (QED) is 0.832. The predicted molar refractivity (Wildman–Crippen MR) is 70.0 cm³/mol. The molecule has 1 saturated heterocycles. The number of nitrogens with one attached hydrogen (secondary N) is 1. The Morgan fingerprint density at radius 1 is 1.56 bits per heavy atom. The van der Waals surface area contributed by atoms with E-state index < -0.39 is 0 Å². The molecule has 1 aromatic rings. The molecule has 0 amide bonds. The highest BCUT2D eigenvalue weighted by molar-refractivity contribution is 5.90. The van der Waals surface area contributed by atoms with Gasteiger partial charge in [0.2, 0.25) is 0 Å². The van der Waals surface area contributed by atoms with Crippen LogP contribution >= 0.6 is 0 Å². The predicted octanol–water partition coefficient (Wildman–Crippen LogP) is 2.37. The van der Waals surface area contributed by atoms with Gasteiger partial charge in [-0.25, -0.2) is 4.79 Å². The van der Waals surface area contributed by atoms with Crippen molar-refractivity contribution < 1.29 is 14.3 Å². The summed E-state index contributed by atoms with van der Waals surface area (Å²) in [6, 6.07) is 5.50. The van der Waals surface area contributed by atoms with Crippen molar-refractivity contribution in [2.45, 2.75) is 25.9 Å². The zero-order chi connectivity index (χ0) is 13.0. The Morgan fingerprint density at radius 3 is 3.00 bits per heavy atom. The third-order valence-electron chi connectivity index (χ3n) is 3.16. The molecule has 0 aliphatic carbocycles. The topological polar surface area (TPSA) is 47.6 Å². The minimum absolute atomic E-state index is 0.0756. The second kappa shape index (κ2) is 5.87. The van der Waals surface area contributed by atoms with Crippen LogP contribution in [0, 0.1) is 6.92 Å². The molecule has 1 fully saturated rings. The first kappa shape index (κ1) is 12.9. The fourth-order valence-corrected chi connectivity index (χ4v) is 2.10. The van der Waals surface area contributed by atoms with E-state index in [2.05, 4.69) is 5.32 Å². The maximum absolute atomic E-state index is 11.9. The molecule has 18 heavy (non-hydrogen) atoms. The summed E-state index contributed by atoms with van der Waals surface area (Å²) in [5, 5.41) is 3.07. The van der Waals surface area contributed by atoms with Gasteiger partial charge in [-0.1, -0.05) is 0 Å². The first-order valence-corrected chi connectivity index (χ1v) is 6.28. The molecule has 0 spiro atoms. The van der Waals surface area contributed by atoms with Gasteiger partial charge in [-0.15, -0.1) is 0 Å². The summed E-state index contributed by atoms with van der Waals surface area (Å²) in [6.07, 6.45) is 2.11. The van der Waals surface area contributed by atoms with Crippen molar-refractivity contribution in [2.75, 3.05) is 25.6 Å². The van der Waals surface area contributed by atoms with E-state index in [1.54, 1.807) is 6.07 Å². The van der Waals surface area contributed by atoms with E-state index in [0.29, 0.717) is 12.2 Å². The average molecular weight is 249 g/mol. The molecule has 0 saturated carbocycles. The van der Waals surface area contributed by atoms with Gasteiger partial charge in [0.15, 0.2) is 0 Å². The summed E-state index contributed by atoms with van der Waals surface area (Å²) in [4.78, 5) is 11.9. The minimum Gasteiger partial charge on any atom is -0.459 e. The second-order valence-electron chi connectivity index (χ2n) is 4.51. The number of benzene rings is 1. The Morgan fingerprint density at radius 2 is 2.39 bits per heavy atom. The lowest BCUT2D eigenvalue weighted by molar-refractivity contribution is 0.0161. The fraction of sp³-hybridized carbons (Fsp3) is 0.500. The molecule has 0 radical (unpaired) electrons. The van der Waals surface area contributed by atoms with Crippen molar-refractivity contribution in [1.29, 1.82) is 0 Å². The summed E-state index contributed by atoms with van der Waals surface area (Å²) in [5.41, 5.74) is 2.64. The van der Waals surface area contributed by atoms with Gasteiger partial charge in [0.05, 0.1) is 11.7 Å². The van der Waals surface area contributed by atoms with Crippen LogP contribution < -0.4 is 5.32 Å². The van der Waals surface area contributed by atoms with Crippen molar-refractivity contribution >= 4 is 11.7 Å². The molecule has 1 aliphatic rings.